The number of nitrogens with zero attached hydrogens (tertiary/aromatic N) is 2. The van der Waals surface area contributed by atoms with Gasteiger partial charge in [-0.1, -0.05) is 18.2 Å². The van der Waals surface area contributed by atoms with Crippen molar-refractivity contribution in [2.45, 2.75) is 19.9 Å². The van der Waals surface area contributed by atoms with E-state index in [1.807, 2.05) is 23.1 Å². The molecule has 1 heterocycles. The lowest BCUT2D eigenvalue weighted by atomic mass is 10.1. The van der Waals surface area contributed by atoms with E-state index in [0.29, 0.717) is 38.3 Å². The minimum atomic E-state index is -0.479. The molecule has 1 atom stereocenters. The van der Waals surface area contributed by atoms with E-state index in [2.05, 4.69) is 10.6 Å². The van der Waals surface area contributed by atoms with Crippen LogP contribution in [0.5, 0.6) is 0 Å². The van der Waals surface area contributed by atoms with Gasteiger partial charge in [-0.2, -0.15) is 0 Å². The van der Waals surface area contributed by atoms with Crippen LogP contribution in [0.3, 0.4) is 0 Å². The van der Waals surface area contributed by atoms with Crippen molar-refractivity contribution < 1.29 is 14.4 Å². The summed E-state index contributed by atoms with van der Waals surface area (Å²) < 4.78 is 0. The molecule has 1 aliphatic rings. The highest BCUT2D eigenvalue weighted by Gasteiger charge is 2.28. The number of hydrogen-bond donors (Lipinski definition) is 2. The Bertz CT molecular complexity index is 583. The second-order valence-corrected chi connectivity index (χ2v) is 5.72. The van der Waals surface area contributed by atoms with Gasteiger partial charge in [0.25, 0.3) is 5.91 Å². The van der Waals surface area contributed by atoms with Gasteiger partial charge in [-0.25, -0.2) is 4.79 Å². The maximum Gasteiger partial charge on any atom is 0.321 e. The van der Waals surface area contributed by atoms with Gasteiger partial charge in [0.05, 0.1) is 6.04 Å². The molecule has 24 heavy (non-hydrogen) atoms. The summed E-state index contributed by atoms with van der Waals surface area (Å²) in [6.45, 7) is 6.34. The van der Waals surface area contributed by atoms with Crippen LogP contribution in [0.25, 0.3) is 0 Å². The Balaban J connectivity index is 1.84. The molecule has 2 rings (SSSR count). The van der Waals surface area contributed by atoms with Gasteiger partial charge >= 0.3 is 6.03 Å². The van der Waals surface area contributed by atoms with Crippen LogP contribution in [0.4, 0.5) is 4.79 Å². The fraction of sp³-hybridized carbons (Fsp3) is 0.471. The van der Waals surface area contributed by atoms with Gasteiger partial charge in [0, 0.05) is 38.3 Å². The average Bonchev–Trinajstić information content (AvgIpc) is 2.61. The summed E-state index contributed by atoms with van der Waals surface area (Å²) in [6, 6.07) is 8.28. The van der Waals surface area contributed by atoms with E-state index in [-0.39, 0.29) is 11.8 Å². The molecule has 0 radical (unpaired) electrons. The van der Waals surface area contributed by atoms with E-state index < -0.39 is 12.1 Å². The first-order valence-electron chi connectivity index (χ1n) is 8.20. The van der Waals surface area contributed by atoms with Crippen LogP contribution >= 0.6 is 0 Å². The number of nitrogens with one attached hydrogen (secondary N) is 2. The summed E-state index contributed by atoms with van der Waals surface area (Å²) in [4.78, 5) is 39.7. The maximum absolute atomic E-state index is 12.4. The quantitative estimate of drug-likeness (QED) is 0.849. The minimum Gasteiger partial charge on any atom is -0.338 e. The zero-order valence-corrected chi connectivity index (χ0v) is 14.1. The van der Waals surface area contributed by atoms with Crippen molar-refractivity contribution in [3.05, 3.63) is 35.9 Å². The molecular weight excluding hydrogens is 308 g/mol. The van der Waals surface area contributed by atoms with Crippen molar-refractivity contribution in [1.29, 1.82) is 0 Å². The first-order valence-corrected chi connectivity index (χ1v) is 8.20. The maximum atomic E-state index is 12.4. The lowest BCUT2D eigenvalue weighted by Crippen LogP contribution is -2.56. The molecule has 1 aliphatic heterocycles. The first kappa shape index (κ1) is 17.9. The average molecular weight is 332 g/mol. The van der Waals surface area contributed by atoms with Gasteiger partial charge in [0.2, 0.25) is 5.91 Å². The molecule has 0 aromatic heterocycles. The summed E-state index contributed by atoms with van der Waals surface area (Å²) in [5.41, 5.74) is 0.674. The van der Waals surface area contributed by atoms with Gasteiger partial charge in [-0.3, -0.25) is 19.8 Å². The molecule has 1 fully saturated rings. The Kier molecular flexibility index (Phi) is 6.31. The highest BCUT2D eigenvalue weighted by Crippen LogP contribution is 2.11. The molecule has 7 heteroatoms. The monoisotopic (exact) mass is 332 g/mol. The van der Waals surface area contributed by atoms with Gasteiger partial charge in [0.1, 0.15) is 0 Å². The number of hydrogen-bond acceptors (Lipinski definition) is 4. The number of benzene rings is 1. The standard InChI is InChI=1S/C17H24N4O3/c1-3-18-17(24)19-15(22)13(2)20-9-11-21(12-10-20)16(23)14-7-5-4-6-8-14/h4-8,13H,3,9-12H2,1-2H3,(H2,18,19,22,24). The zero-order valence-electron chi connectivity index (χ0n) is 14.1. The summed E-state index contributed by atoms with van der Waals surface area (Å²) in [5, 5.41) is 4.86. The van der Waals surface area contributed by atoms with Crippen LogP contribution < -0.4 is 10.6 Å². The Hall–Kier alpha value is -2.41. The van der Waals surface area contributed by atoms with Crippen LogP contribution in [-0.2, 0) is 4.79 Å². The highest BCUT2D eigenvalue weighted by atomic mass is 16.2. The summed E-state index contributed by atoms with van der Waals surface area (Å²) in [7, 11) is 0. The third-order valence-electron chi connectivity index (χ3n) is 4.12. The van der Waals surface area contributed by atoms with Crippen molar-refractivity contribution >= 4 is 17.8 Å². The van der Waals surface area contributed by atoms with E-state index in [9.17, 15) is 14.4 Å². The molecule has 0 spiro atoms. The van der Waals surface area contributed by atoms with E-state index in [4.69, 9.17) is 0 Å². The topological polar surface area (TPSA) is 81.8 Å². The van der Waals surface area contributed by atoms with Crippen molar-refractivity contribution in [3.8, 4) is 0 Å². The minimum absolute atomic E-state index is 0.00896. The number of urea groups is 1. The predicted octanol–water partition coefficient (Wildman–Crippen LogP) is 0.679. The van der Waals surface area contributed by atoms with Crippen molar-refractivity contribution in [1.82, 2.24) is 20.4 Å². The van der Waals surface area contributed by atoms with Crippen LogP contribution in [0.1, 0.15) is 24.2 Å². The molecule has 4 amide bonds. The molecule has 0 saturated carbocycles. The molecule has 1 saturated heterocycles. The molecule has 1 aromatic carbocycles. The first-order chi connectivity index (χ1) is 11.5. The SMILES string of the molecule is CCNC(=O)NC(=O)C(C)N1CCN(C(=O)c2ccccc2)CC1. The number of amides is 4. The van der Waals surface area contributed by atoms with Crippen molar-refractivity contribution in [3.63, 3.8) is 0 Å². The van der Waals surface area contributed by atoms with Crippen LogP contribution in [0, 0.1) is 0 Å². The smallest absolute Gasteiger partial charge is 0.321 e. The second-order valence-electron chi connectivity index (χ2n) is 5.72. The number of piperazine rings is 1. The van der Waals surface area contributed by atoms with Gasteiger partial charge in [0.15, 0.2) is 0 Å². The molecular formula is C17H24N4O3. The number of carbonyl (C=O) groups is 3. The van der Waals surface area contributed by atoms with Crippen LogP contribution in [0.2, 0.25) is 0 Å². The molecule has 1 aromatic rings. The summed E-state index contributed by atoms with van der Waals surface area (Å²) in [6.07, 6.45) is 0. The number of rotatable bonds is 4. The normalized spacial score (nSPS) is 16.3. The number of imide groups is 1. The molecule has 1 unspecified atom stereocenters. The molecule has 0 aliphatic carbocycles. The van der Waals surface area contributed by atoms with Crippen molar-refractivity contribution in [2.24, 2.45) is 0 Å². The summed E-state index contributed by atoms with van der Waals surface area (Å²) >= 11 is 0. The van der Waals surface area contributed by atoms with Crippen molar-refractivity contribution in [2.75, 3.05) is 32.7 Å². The Morgan fingerprint density at radius 3 is 2.29 bits per heavy atom. The molecule has 2 N–H and O–H groups in total. The van der Waals surface area contributed by atoms with Gasteiger partial charge in [-0.05, 0) is 26.0 Å². The van der Waals surface area contributed by atoms with E-state index in [0.717, 1.165) is 0 Å². The second kappa shape index (κ2) is 8.44. The fourth-order valence-corrected chi connectivity index (χ4v) is 2.66. The van der Waals surface area contributed by atoms with Gasteiger partial charge in [-0.15, -0.1) is 0 Å². The van der Waals surface area contributed by atoms with E-state index in [1.54, 1.807) is 30.9 Å². The molecule has 130 valence electrons. The zero-order chi connectivity index (χ0) is 17.5. The fourth-order valence-electron chi connectivity index (χ4n) is 2.66. The van der Waals surface area contributed by atoms with Crippen LogP contribution in [-0.4, -0.2) is 66.4 Å². The van der Waals surface area contributed by atoms with E-state index in [1.165, 1.54) is 0 Å². The Morgan fingerprint density at radius 2 is 1.71 bits per heavy atom. The Morgan fingerprint density at radius 1 is 1.08 bits per heavy atom. The number of carbonyl (C=O) groups excluding carboxylic acids is 3. The third-order valence-corrected chi connectivity index (χ3v) is 4.12. The molecule has 0 bridgehead atoms. The third kappa shape index (κ3) is 4.55. The van der Waals surface area contributed by atoms with Gasteiger partial charge < -0.3 is 10.2 Å². The van der Waals surface area contributed by atoms with Crippen LogP contribution in [0.15, 0.2) is 30.3 Å². The summed E-state index contributed by atoms with van der Waals surface area (Å²) in [5.74, 6) is -0.321. The Labute approximate surface area is 142 Å². The molecule has 7 nitrogen and oxygen atoms in total. The lowest BCUT2D eigenvalue weighted by molar-refractivity contribution is -0.125. The van der Waals surface area contributed by atoms with E-state index >= 15 is 0 Å². The predicted molar refractivity (Wildman–Crippen MR) is 90.6 cm³/mol. The largest absolute Gasteiger partial charge is 0.338 e. The lowest BCUT2D eigenvalue weighted by Gasteiger charge is -2.37. The highest BCUT2D eigenvalue weighted by molar-refractivity contribution is 5.97.